The third-order valence-corrected chi connectivity index (χ3v) is 3.79. The summed E-state index contributed by atoms with van der Waals surface area (Å²) in [6, 6.07) is 0.601. The monoisotopic (exact) mass is 247 g/mol. The van der Waals surface area contributed by atoms with Gasteiger partial charge in [-0.2, -0.15) is 0 Å². The molecule has 3 rings (SSSR count). The summed E-state index contributed by atoms with van der Waals surface area (Å²) in [4.78, 5) is 11.3. The van der Waals surface area contributed by atoms with Gasteiger partial charge in [-0.05, 0) is 12.8 Å². The Morgan fingerprint density at radius 1 is 1.11 bits per heavy atom. The van der Waals surface area contributed by atoms with Crippen LogP contribution in [0.25, 0.3) is 0 Å². The summed E-state index contributed by atoms with van der Waals surface area (Å²) >= 11 is 0. The second-order valence-corrected chi connectivity index (χ2v) is 5.12. The van der Waals surface area contributed by atoms with E-state index in [1.165, 1.54) is 25.7 Å². The molecule has 0 bridgehead atoms. The first kappa shape index (κ1) is 11.7. The van der Waals surface area contributed by atoms with Crippen molar-refractivity contribution in [2.24, 2.45) is 0 Å². The number of hydrogen-bond donors (Lipinski definition) is 2. The number of aromatic nitrogens is 2. The van der Waals surface area contributed by atoms with Crippen LogP contribution in [0.4, 0.5) is 11.6 Å². The highest BCUT2D eigenvalue weighted by Gasteiger charge is 2.16. The average Bonchev–Trinajstić information content (AvgIpc) is 2.94. The summed E-state index contributed by atoms with van der Waals surface area (Å²) in [5.74, 6) is 1.91. The summed E-state index contributed by atoms with van der Waals surface area (Å²) in [7, 11) is 0. The van der Waals surface area contributed by atoms with Crippen molar-refractivity contribution in [3.8, 4) is 0 Å². The van der Waals surface area contributed by atoms with E-state index in [4.69, 9.17) is 0 Å². The molecule has 18 heavy (non-hydrogen) atoms. The Balaban J connectivity index is 1.60. The maximum Gasteiger partial charge on any atom is 0.147 e. The van der Waals surface area contributed by atoms with E-state index >= 15 is 0 Å². The van der Waals surface area contributed by atoms with Crippen LogP contribution < -0.4 is 15.5 Å². The highest BCUT2D eigenvalue weighted by atomic mass is 15.2. The molecule has 1 saturated heterocycles. The van der Waals surface area contributed by atoms with Gasteiger partial charge >= 0.3 is 0 Å². The van der Waals surface area contributed by atoms with Gasteiger partial charge in [0, 0.05) is 32.2 Å². The van der Waals surface area contributed by atoms with Gasteiger partial charge in [0.15, 0.2) is 0 Å². The lowest BCUT2D eigenvalue weighted by atomic mass is 10.2. The van der Waals surface area contributed by atoms with Gasteiger partial charge < -0.3 is 15.5 Å². The molecule has 1 aromatic heterocycles. The number of anilines is 2. The molecule has 0 atom stereocenters. The first-order valence-corrected chi connectivity index (χ1v) is 6.96. The zero-order valence-electron chi connectivity index (χ0n) is 10.7. The van der Waals surface area contributed by atoms with Crippen molar-refractivity contribution >= 4 is 11.6 Å². The molecule has 0 amide bonds. The van der Waals surface area contributed by atoms with Crippen LogP contribution in [0.1, 0.15) is 25.7 Å². The molecule has 5 heteroatoms. The lowest BCUT2D eigenvalue weighted by Gasteiger charge is -2.28. The van der Waals surface area contributed by atoms with E-state index in [1.54, 1.807) is 0 Å². The van der Waals surface area contributed by atoms with E-state index in [0.29, 0.717) is 6.04 Å². The largest absolute Gasteiger partial charge is 0.366 e. The van der Waals surface area contributed by atoms with Crippen LogP contribution in [-0.2, 0) is 0 Å². The minimum Gasteiger partial charge on any atom is -0.366 e. The molecule has 2 aliphatic rings. The van der Waals surface area contributed by atoms with Crippen LogP contribution >= 0.6 is 0 Å². The van der Waals surface area contributed by atoms with Gasteiger partial charge in [0.25, 0.3) is 0 Å². The minimum absolute atomic E-state index is 0.601. The van der Waals surface area contributed by atoms with E-state index in [0.717, 1.165) is 37.8 Å². The van der Waals surface area contributed by atoms with Crippen LogP contribution in [0, 0.1) is 0 Å². The molecule has 98 valence electrons. The van der Waals surface area contributed by atoms with Gasteiger partial charge in [0.2, 0.25) is 0 Å². The van der Waals surface area contributed by atoms with Crippen molar-refractivity contribution in [1.29, 1.82) is 0 Å². The summed E-state index contributed by atoms with van der Waals surface area (Å²) < 4.78 is 0. The molecule has 2 N–H and O–H groups in total. The Kier molecular flexibility index (Phi) is 3.59. The third-order valence-electron chi connectivity index (χ3n) is 3.79. The van der Waals surface area contributed by atoms with E-state index < -0.39 is 0 Å². The fourth-order valence-electron chi connectivity index (χ4n) is 2.73. The first-order chi connectivity index (χ1) is 8.92. The minimum atomic E-state index is 0.601. The van der Waals surface area contributed by atoms with Crippen molar-refractivity contribution in [2.75, 3.05) is 36.4 Å². The Labute approximate surface area is 108 Å². The first-order valence-electron chi connectivity index (χ1n) is 6.96. The second kappa shape index (κ2) is 5.52. The normalized spacial score (nSPS) is 21.2. The van der Waals surface area contributed by atoms with Gasteiger partial charge in [-0.15, -0.1) is 0 Å². The van der Waals surface area contributed by atoms with E-state index in [2.05, 4.69) is 25.5 Å². The molecule has 0 unspecified atom stereocenters. The van der Waals surface area contributed by atoms with Gasteiger partial charge in [0.1, 0.15) is 11.6 Å². The van der Waals surface area contributed by atoms with Crippen LogP contribution in [0.5, 0.6) is 0 Å². The second-order valence-electron chi connectivity index (χ2n) is 5.12. The zero-order valence-corrected chi connectivity index (χ0v) is 10.7. The number of hydrogen-bond acceptors (Lipinski definition) is 5. The van der Waals surface area contributed by atoms with E-state index in [9.17, 15) is 0 Å². The third kappa shape index (κ3) is 2.72. The van der Waals surface area contributed by atoms with Gasteiger partial charge in [-0.1, -0.05) is 12.8 Å². The van der Waals surface area contributed by atoms with Gasteiger partial charge in [0.05, 0.1) is 12.4 Å². The Morgan fingerprint density at radius 3 is 2.56 bits per heavy atom. The van der Waals surface area contributed by atoms with Crippen LogP contribution in [0.2, 0.25) is 0 Å². The number of piperazine rings is 1. The lowest BCUT2D eigenvalue weighted by molar-refractivity contribution is 0.584. The fraction of sp³-hybridized carbons (Fsp3) is 0.692. The highest BCUT2D eigenvalue weighted by Crippen LogP contribution is 2.21. The van der Waals surface area contributed by atoms with E-state index in [-0.39, 0.29) is 0 Å². The molecular weight excluding hydrogens is 226 g/mol. The Morgan fingerprint density at radius 2 is 1.89 bits per heavy atom. The zero-order chi connectivity index (χ0) is 12.2. The molecule has 1 aromatic rings. The number of nitrogens with zero attached hydrogens (tertiary/aromatic N) is 3. The summed E-state index contributed by atoms with van der Waals surface area (Å²) in [5, 5.41) is 6.81. The maximum atomic E-state index is 4.52. The number of rotatable bonds is 3. The SMILES string of the molecule is c1nc(N2CCNCC2)cnc1NC1CCCC1. The Bertz CT molecular complexity index is 365. The predicted octanol–water partition coefficient (Wildman–Crippen LogP) is 1.24. The summed E-state index contributed by atoms with van der Waals surface area (Å²) in [6.45, 7) is 4.10. The molecule has 5 nitrogen and oxygen atoms in total. The quantitative estimate of drug-likeness (QED) is 0.841. The average molecular weight is 247 g/mol. The molecule has 2 heterocycles. The topological polar surface area (TPSA) is 53.1 Å². The van der Waals surface area contributed by atoms with Crippen molar-refractivity contribution in [3.05, 3.63) is 12.4 Å². The molecule has 1 saturated carbocycles. The molecule has 0 aromatic carbocycles. The smallest absolute Gasteiger partial charge is 0.147 e. The summed E-state index contributed by atoms with van der Waals surface area (Å²) in [5.41, 5.74) is 0. The van der Waals surface area contributed by atoms with Crippen LogP contribution in [-0.4, -0.2) is 42.2 Å². The van der Waals surface area contributed by atoms with Crippen molar-refractivity contribution in [1.82, 2.24) is 15.3 Å². The van der Waals surface area contributed by atoms with Crippen LogP contribution in [0.3, 0.4) is 0 Å². The molecular formula is C13H21N5. The maximum absolute atomic E-state index is 4.52. The van der Waals surface area contributed by atoms with Gasteiger partial charge in [-0.3, -0.25) is 0 Å². The number of nitrogens with one attached hydrogen (secondary N) is 2. The molecule has 2 fully saturated rings. The van der Waals surface area contributed by atoms with E-state index in [1.807, 2.05) is 12.4 Å². The van der Waals surface area contributed by atoms with Gasteiger partial charge in [-0.25, -0.2) is 9.97 Å². The fourth-order valence-corrected chi connectivity index (χ4v) is 2.73. The predicted molar refractivity (Wildman–Crippen MR) is 73.0 cm³/mol. The molecule has 1 aliphatic carbocycles. The molecule has 0 radical (unpaired) electrons. The molecule has 1 aliphatic heterocycles. The standard InChI is InChI=1S/C13H21N5/c1-2-4-11(3-1)17-12-9-16-13(10-15-12)18-7-5-14-6-8-18/h9-11,14H,1-8H2,(H,15,17). The molecule has 0 spiro atoms. The van der Waals surface area contributed by atoms with Crippen LogP contribution in [0.15, 0.2) is 12.4 Å². The van der Waals surface area contributed by atoms with Crippen molar-refractivity contribution in [2.45, 2.75) is 31.7 Å². The lowest BCUT2D eigenvalue weighted by Crippen LogP contribution is -2.43. The highest BCUT2D eigenvalue weighted by molar-refractivity contribution is 5.42. The van der Waals surface area contributed by atoms with Crippen molar-refractivity contribution in [3.63, 3.8) is 0 Å². The summed E-state index contributed by atoms with van der Waals surface area (Å²) in [6.07, 6.45) is 8.97. The van der Waals surface area contributed by atoms with Crippen molar-refractivity contribution < 1.29 is 0 Å². The Hall–Kier alpha value is -1.36.